The van der Waals surface area contributed by atoms with Gasteiger partial charge in [-0.15, -0.1) is 0 Å². The second kappa shape index (κ2) is 5.98. The molecule has 0 saturated heterocycles. The molecule has 1 nitrogen and oxygen atoms in total. The standard InChI is InChI=1S/C18H18ClFO/c1-12-4-5-13(16(19)10-12)11-17(21)18(2,3)14-6-8-15(20)9-7-14/h4-10H,11H2,1-3H3. The molecule has 21 heavy (non-hydrogen) atoms. The molecule has 0 amide bonds. The van der Waals surface area contributed by atoms with E-state index in [1.165, 1.54) is 12.1 Å². The lowest BCUT2D eigenvalue weighted by atomic mass is 9.78. The normalized spacial score (nSPS) is 11.5. The molecule has 110 valence electrons. The summed E-state index contributed by atoms with van der Waals surface area (Å²) in [7, 11) is 0. The summed E-state index contributed by atoms with van der Waals surface area (Å²) in [6.45, 7) is 5.66. The van der Waals surface area contributed by atoms with Crippen LogP contribution in [0.4, 0.5) is 4.39 Å². The van der Waals surface area contributed by atoms with Gasteiger partial charge in [-0.1, -0.05) is 35.9 Å². The average Bonchev–Trinajstić information content (AvgIpc) is 2.42. The van der Waals surface area contributed by atoms with Gasteiger partial charge in [-0.05, 0) is 55.7 Å². The molecule has 0 spiro atoms. The number of Topliss-reactive ketones (excluding diaryl/α,β-unsaturated/α-hetero) is 1. The van der Waals surface area contributed by atoms with Crippen molar-refractivity contribution in [2.75, 3.05) is 0 Å². The maximum absolute atomic E-state index is 13.0. The Morgan fingerprint density at radius 3 is 2.33 bits per heavy atom. The van der Waals surface area contributed by atoms with Crippen molar-refractivity contribution < 1.29 is 9.18 Å². The second-order valence-corrected chi connectivity index (χ2v) is 6.23. The van der Waals surface area contributed by atoms with Gasteiger partial charge in [-0.25, -0.2) is 4.39 Å². The van der Waals surface area contributed by atoms with Crippen molar-refractivity contribution in [1.29, 1.82) is 0 Å². The molecule has 0 unspecified atom stereocenters. The molecule has 2 rings (SSSR count). The summed E-state index contributed by atoms with van der Waals surface area (Å²) >= 11 is 6.19. The molecular weight excluding hydrogens is 287 g/mol. The van der Waals surface area contributed by atoms with Crippen molar-refractivity contribution >= 4 is 17.4 Å². The van der Waals surface area contributed by atoms with Gasteiger partial charge in [0.15, 0.2) is 0 Å². The highest BCUT2D eigenvalue weighted by Crippen LogP contribution is 2.28. The van der Waals surface area contributed by atoms with Crippen LogP contribution in [0.5, 0.6) is 0 Å². The zero-order chi connectivity index (χ0) is 15.6. The third-order valence-electron chi connectivity index (χ3n) is 3.82. The Morgan fingerprint density at radius 2 is 1.76 bits per heavy atom. The smallest absolute Gasteiger partial charge is 0.147 e. The predicted molar refractivity (Wildman–Crippen MR) is 84.3 cm³/mol. The summed E-state index contributed by atoms with van der Waals surface area (Å²) in [6, 6.07) is 11.8. The van der Waals surface area contributed by atoms with Crippen molar-refractivity contribution in [2.24, 2.45) is 0 Å². The van der Waals surface area contributed by atoms with E-state index in [4.69, 9.17) is 11.6 Å². The highest BCUT2D eigenvalue weighted by molar-refractivity contribution is 6.31. The fourth-order valence-electron chi connectivity index (χ4n) is 2.22. The van der Waals surface area contributed by atoms with Crippen LogP contribution in [0.15, 0.2) is 42.5 Å². The fraction of sp³-hybridized carbons (Fsp3) is 0.278. The van der Waals surface area contributed by atoms with Crippen molar-refractivity contribution in [2.45, 2.75) is 32.6 Å². The zero-order valence-electron chi connectivity index (χ0n) is 12.4. The first-order chi connectivity index (χ1) is 9.80. The monoisotopic (exact) mass is 304 g/mol. The molecule has 0 bridgehead atoms. The molecule has 0 aliphatic rings. The van der Waals surface area contributed by atoms with E-state index < -0.39 is 5.41 Å². The number of rotatable bonds is 4. The van der Waals surface area contributed by atoms with Gasteiger partial charge in [0.2, 0.25) is 0 Å². The van der Waals surface area contributed by atoms with E-state index in [-0.39, 0.29) is 18.0 Å². The van der Waals surface area contributed by atoms with Crippen LogP contribution >= 0.6 is 11.6 Å². The van der Waals surface area contributed by atoms with Crippen LogP contribution in [-0.4, -0.2) is 5.78 Å². The summed E-state index contributed by atoms with van der Waals surface area (Å²) < 4.78 is 13.0. The number of hydrogen-bond donors (Lipinski definition) is 0. The maximum atomic E-state index is 13.0. The maximum Gasteiger partial charge on any atom is 0.147 e. The molecule has 0 fully saturated rings. The molecule has 0 radical (unpaired) electrons. The first-order valence-corrected chi connectivity index (χ1v) is 7.23. The minimum Gasteiger partial charge on any atom is -0.298 e. The quantitative estimate of drug-likeness (QED) is 0.787. The Balaban J connectivity index is 2.24. The van der Waals surface area contributed by atoms with Gasteiger partial charge in [0, 0.05) is 16.9 Å². The summed E-state index contributed by atoms with van der Waals surface area (Å²) in [4.78, 5) is 12.6. The van der Waals surface area contributed by atoms with E-state index in [0.29, 0.717) is 5.02 Å². The third-order valence-corrected chi connectivity index (χ3v) is 4.17. The topological polar surface area (TPSA) is 17.1 Å². The Bertz CT molecular complexity index is 659. The number of carbonyl (C=O) groups is 1. The number of halogens is 2. The molecule has 0 aliphatic carbocycles. The Hall–Kier alpha value is -1.67. The number of hydrogen-bond acceptors (Lipinski definition) is 1. The van der Waals surface area contributed by atoms with Crippen LogP contribution in [0.3, 0.4) is 0 Å². The Labute approximate surface area is 129 Å². The second-order valence-electron chi connectivity index (χ2n) is 5.83. The van der Waals surface area contributed by atoms with Gasteiger partial charge >= 0.3 is 0 Å². The minimum absolute atomic E-state index is 0.0554. The van der Waals surface area contributed by atoms with E-state index in [9.17, 15) is 9.18 Å². The average molecular weight is 305 g/mol. The largest absolute Gasteiger partial charge is 0.298 e. The number of carbonyl (C=O) groups excluding carboxylic acids is 1. The van der Waals surface area contributed by atoms with E-state index in [0.717, 1.165) is 16.7 Å². The van der Waals surface area contributed by atoms with Crippen molar-refractivity contribution in [3.8, 4) is 0 Å². The Morgan fingerprint density at radius 1 is 1.14 bits per heavy atom. The lowest BCUT2D eigenvalue weighted by Gasteiger charge is -2.24. The van der Waals surface area contributed by atoms with E-state index in [2.05, 4.69) is 0 Å². The molecule has 0 N–H and O–H groups in total. The summed E-state index contributed by atoms with van der Waals surface area (Å²) in [5.74, 6) is -0.247. The molecule has 0 atom stereocenters. The molecular formula is C18H18ClFO. The lowest BCUT2D eigenvalue weighted by Crippen LogP contribution is -2.30. The van der Waals surface area contributed by atoms with Crippen LogP contribution in [-0.2, 0) is 16.6 Å². The third kappa shape index (κ3) is 3.51. The number of ketones is 1. The summed E-state index contributed by atoms with van der Waals surface area (Å²) in [5.41, 5.74) is 2.01. The first kappa shape index (κ1) is 15.7. The van der Waals surface area contributed by atoms with Gasteiger partial charge in [-0.3, -0.25) is 4.79 Å². The number of benzene rings is 2. The van der Waals surface area contributed by atoms with E-state index in [1.807, 2.05) is 39.0 Å². The van der Waals surface area contributed by atoms with Crippen molar-refractivity contribution in [1.82, 2.24) is 0 Å². The van der Waals surface area contributed by atoms with Crippen LogP contribution in [0.1, 0.15) is 30.5 Å². The predicted octanol–water partition coefficient (Wildman–Crippen LogP) is 4.88. The molecule has 3 heteroatoms. The highest BCUT2D eigenvalue weighted by atomic mass is 35.5. The van der Waals surface area contributed by atoms with Crippen LogP contribution < -0.4 is 0 Å². The van der Waals surface area contributed by atoms with Crippen molar-refractivity contribution in [3.63, 3.8) is 0 Å². The molecule has 2 aromatic rings. The van der Waals surface area contributed by atoms with Crippen LogP contribution in [0, 0.1) is 12.7 Å². The van der Waals surface area contributed by atoms with Gasteiger partial charge in [0.25, 0.3) is 0 Å². The minimum atomic E-state index is -0.679. The SMILES string of the molecule is Cc1ccc(CC(=O)C(C)(C)c2ccc(F)cc2)c(Cl)c1. The van der Waals surface area contributed by atoms with Crippen molar-refractivity contribution in [3.05, 3.63) is 70.0 Å². The van der Waals surface area contributed by atoms with Gasteiger partial charge < -0.3 is 0 Å². The first-order valence-electron chi connectivity index (χ1n) is 6.85. The van der Waals surface area contributed by atoms with Crippen LogP contribution in [0.25, 0.3) is 0 Å². The number of aryl methyl sites for hydroxylation is 1. The van der Waals surface area contributed by atoms with Gasteiger partial charge in [0.1, 0.15) is 11.6 Å². The summed E-state index contributed by atoms with van der Waals surface area (Å²) in [6.07, 6.45) is 0.267. The highest BCUT2D eigenvalue weighted by Gasteiger charge is 2.29. The van der Waals surface area contributed by atoms with E-state index in [1.54, 1.807) is 12.1 Å². The lowest BCUT2D eigenvalue weighted by molar-refractivity contribution is -0.122. The molecule has 0 aliphatic heterocycles. The zero-order valence-corrected chi connectivity index (χ0v) is 13.2. The van der Waals surface area contributed by atoms with Gasteiger partial charge in [-0.2, -0.15) is 0 Å². The molecule has 2 aromatic carbocycles. The summed E-state index contributed by atoms with van der Waals surface area (Å²) in [5, 5.41) is 0.609. The van der Waals surface area contributed by atoms with E-state index >= 15 is 0 Å². The molecule has 0 saturated carbocycles. The fourth-order valence-corrected chi connectivity index (χ4v) is 2.52. The molecule has 0 heterocycles. The van der Waals surface area contributed by atoms with Crippen LogP contribution in [0.2, 0.25) is 5.02 Å². The molecule has 0 aromatic heterocycles. The van der Waals surface area contributed by atoms with Gasteiger partial charge in [0.05, 0.1) is 0 Å². The Kier molecular flexibility index (Phi) is 4.48.